The summed E-state index contributed by atoms with van der Waals surface area (Å²) in [4.78, 5) is 8.57. The van der Waals surface area contributed by atoms with E-state index in [0.717, 1.165) is 30.4 Å². The largest absolute Gasteiger partial charge is 0.383 e. The Morgan fingerprint density at radius 2 is 2.44 bits per heavy atom. The first kappa shape index (κ1) is 13.2. The standard InChI is InChI=1S/C12H18N4OS/c1-10(12-15-4-6-18-12)16-9-14-8-11(16)7-13-3-5-17-2/h4,6,8-10,13H,3,5,7H2,1-2H3. The smallest absolute Gasteiger partial charge is 0.115 e. The van der Waals surface area contributed by atoms with Gasteiger partial charge in [0.15, 0.2) is 0 Å². The molecule has 1 unspecified atom stereocenters. The number of aromatic nitrogens is 3. The average Bonchev–Trinajstić information content (AvgIpc) is 3.04. The van der Waals surface area contributed by atoms with Crippen molar-refractivity contribution in [3.63, 3.8) is 0 Å². The Morgan fingerprint density at radius 3 is 3.17 bits per heavy atom. The summed E-state index contributed by atoms with van der Waals surface area (Å²) in [5.41, 5.74) is 1.16. The number of ether oxygens (including phenoxy) is 1. The van der Waals surface area contributed by atoms with Crippen LogP contribution >= 0.6 is 11.3 Å². The molecule has 0 fully saturated rings. The molecule has 18 heavy (non-hydrogen) atoms. The van der Waals surface area contributed by atoms with Gasteiger partial charge in [-0.2, -0.15) is 0 Å². The molecule has 2 rings (SSSR count). The van der Waals surface area contributed by atoms with Crippen molar-refractivity contribution in [3.05, 3.63) is 34.8 Å². The number of thiazole rings is 1. The predicted octanol–water partition coefficient (Wildman–Crippen LogP) is 1.68. The predicted molar refractivity (Wildman–Crippen MR) is 71.7 cm³/mol. The van der Waals surface area contributed by atoms with Crippen LogP contribution in [0.1, 0.15) is 23.7 Å². The van der Waals surface area contributed by atoms with Crippen molar-refractivity contribution >= 4 is 11.3 Å². The second-order valence-electron chi connectivity index (χ2n) is 4.01. The fourth-order valence-corrected chi connectivity index (χ4v) is 2.46. The van der Waals surface area contributed by atoms with Gasteiger partial charge in [0.25, 0.3) is 0 Å². The zero-order valence-electron chi connectivity index (χ0n) is 10.7. The highest BCUT2D eigenvalue weighted by atomic mass is 32.1. The number of rotatable bonds is 7. The molecule has 1 atom stereocenters. The molecule has 1 N–H and O–H groups in total. The van der Waals surface area contributed by atoms with E-state index in [1.165, 1.54) is 0 Å². The van der Waals surface area contributed by atoms with E-state index in [-0.39, 0.29) is 6.04 Å². The molecule has 2 aromatic rings. The quantitative estimate of drug-likeness (QED) is 0.775. The molecule has 0 radical (unpaired) electrons. The second kappa shape index (κ2) is 6.63. The van der Waals surface area contributed by atoms with Crippen LogP contribution < -0.4 is 5.32 Å². The monoisotopic (exact) mass is 266 g/mol. The highest BCUT2D eigenvalue weighted by molar-refractivity contribution is 7.09. The first-order valence-corrected chi connectivity index (χ1v) is 6.80. The summed E-state index contributed by atoms with van der Waals surface area (Å²) >= 11 is 1.67. The minimum atomic E-state index is 0.228. The Bertz CT molecular complexity index is 454. The number of methoxy groups -OCH3 is 1. The molecular weight excluding hydrogens is 248 g/mol. The third kappa shape index (κ3) is 3.16. The highest BCUT2D eigenvalue weighted by Gasteiger charge is 2.13. The van der Waals surface area contributed by atoms with E-state index in [1.54, 1.807) is 18.4 Å². The number of hydrogen-bond acceptors (Lipinski definition) is 5. The van der Waals surface area contributed by atoms with Crippen LogP contribution in [0.25, 0.3) is 0 Å². The third-order valence-corrected chi connectivity index (χ3v) is 3.71. The van der Waals surface area contributed by atoms with E-state index in [0.29, 0.717) is 0 Å². The van der Waals surface area contributed by atoms with E-state index < -0.39 is 0 Å². The topological polar surface area (TPSA) is 52.0 Å². The molecule has 5 nitrogen and oxygen atoms in total. The summed E-state index contributed by atoms with van der Waals surface area (Å²) in [6, 6.07) is 0.228. The molecule has 6 heteroatoms. The van der Waals surface area contributed by atoms with Crippen LogP contribution in [0, 0.1) is 0 Å². The van der Waals surface area contributed by atoms with Crippen molar-refractivity contribution in [1.29, 1.82) is 0 Å². The van der Waals surface area contributed by atoms with Crippen molar-refractivity contribution in [1.82, 2.24) is 19.9 Å². The molecule has 2 aromatic heterocycles. The van der Waals surface area contributed by atoms with E-state index in [1.807, 2.05) is 24.1 Å². The van der Waals surface area contributed by atoms with Gasteiger partial charge in [-0.25, -0.2) is 9.97 Å². The lowest BCUT2D eigenvalue weighted by molar-refractivity contribution is 0.199. The number of hydrogen-bond donors (Lipinski definition) is 1. The van der Waals surface area contributed by atoms with Crippen molar-refractivity contribution in [2.45, 2.75) is 19.5 Å². The Morgan fingerprint density at radius 1 is 1.56 bits per heavy atom. The lowest BCUT2D eigenvalue weighted by Crippen LogP contribution is -2.21. The summed E-state index contributed by atoms with van der Waals surface area (Å²) in [5, 5.41) is 6.43. The van der Waals surface area contributed by atoms with Crippen molar-refractivity contribution in [3.8, 4) is 0 Å². The van der Waals surface area contributed by atoms with Crippen molar-refractivity contribution in [2.24, 2.45) is 0 Å². The minimum absolute atomic E-state index is 0.228. The summed E-state index contributed by atoms with van der Waals surface area (Å²) < 4.78 is 7.16. The lowest BCUT2D eigenvalue weighted by atomic mass is 10.3. The molecule has 0 aliphatic carbocycles. The number of nitrogens with zero attached hydrogens (tertiary/aromatic N) is 3. The Labute approximate surface area is 111 Å². The van der Waals surface area contributed by atoms with Crippen molar-refractivity contribution < 1.29 is 4.74 Å². The lowest BCUT2D eigenvalue weighted by Gasteiger charge is -2.14. The zero-order valence-corrected chi connectivity index (χ0v) is 11.5. The molecule has 0 saturated heterocycles. The van der Waals surface area contributed by atoms with Gasteiger partial charge >= 0.3 is 0 Å². The molecule has 0 amide bonds. The SMILES string of the molecule is COCCNCc1cncn1C(C)c1nccs1. The maximum Gasteiger partial charge on any atom is 0.115 e. The maximum atomic E-state index is 5.00. The molecule has 2 heterocycles. The average molecular weight is 266 g/mol. The van der Waals surface area contributed by atoms with Crippen LogP contribution in [0.2, 0.25) is 0 Å². The summed E-state index contributed by atoms with van der Waals surface area (Å²) in [6.45, 7) is 4.49. The molecule has 98 valence electrons. The molecule has 0 spiro atoms. The second-order valence-corrected chi connectivity index (χ2v) is 4.93. The van der Waals surface area contributed by atoms with Crippen LogP contribution in [-0.2, 0) is 11.3 Å². The van der Waals surface area contributed by atoms with Gasteiger partial charge in [0.1, 0.15) is 5.01 Å². The van der Waals surface area contributed by atoms with Gasteiger partial charge in [0, 0.05) is 38.0 Å². The fourth-order valence-electron chi connectivity index (χ4n) is 1.77. The highest BCUT2D eigenvalue weighted by Crippen LogP contribution is 2.21. The Hall–Kier alpha value is -1.24. The first-order chi connectivity index (χ1) is 8.83. The van der Waals surface area contributed by atoms with Gasteiger partial charge in [0.2, 0.25) is 0 Å². The fraction of sp³-hybridized carbons (Fsp3) is 0.500. The van der Waals surface area contributed by atoms with Gasteiger partial charge < -0.3 is 14.6 Å². The van der Waals surface area contributed by atoms with E-state index >= 15 is 0 Å². The van der Waals surface area contributed by atoms with Gasteiger partial charge in [-0.05, 0) is 6.92 Å². The van der Waals surface area contributed by atoms with Crippen molar-refractivity contribution in [2.75, 3.05) is 20.3 Å². The minimum Gasteiger partial charge on any atom is -0.383 e. The van der Waals surface area contributed by atoms with Crippen LogP contribution in [0.4, 0.5) is 0 Å². The molecular formula is C12H18N4OS. The normalized spacial score (nSPS) is 12.8. The third-order valence-electron chi connectivity index (χ3n) is 2.76. The summed E-state index contributed by atoms with van der Waals surface area (Å²) in [6.07, 6.45) is 5.59. The molecule has 0 saturated carbocycles. The van der Waals surface area contributed by atoms with Gasteiger partial charge in [-0.3, -0.25) is 0 Å². The van der Waals surface area contributed by atoms with Crippen LogP contribution in [-0.4, -0.2) is 34.8 Å². The Balaban J connectivity index is 1.99. The number of imidazole rings is 1. The van der Waals surface area contributed by atoms with Crippen LogP contribution in [0.5, 0.6) is 0 Å². The van der Waals surface area contributed by atoms with E-state index in [2.05, 4.69) is 26.8 Å². The molecule has 0 aliphatic heterocycles. The van der Waals surface area contributed by atoms with Crippen LogP contribution in [0.3, 0.4) is 0 Å². The maximum absolute atomic E-state index is 5.00. The molecule has 0 bridgehead atoms. The van der Waals surface area contributed by atoms with Gasteiger partial charge in [0.05, 0.1) is 24.7 Å². The van der Waals surface area contributed by atoms with Gasteiger partial charge in [-0.1, -0.05) is 0 Å². The zero-order chi connectivity index (χ0) is 12.8. The molecule has 0 aliphatic rings. The van der Waals surface area contributed by atoms with Crippen LogP contribution in [0.15, 0.2) is 24.1 Å². The van der Waals surface area contributed by atoms with E-state index in [4.69, 9.17) is 4.74 Å². The summed E-state index contributed by atoms with van der Waals surface area (Å²) in [5.74, 6) is 0. The number of nitrogens with one attached hydrogen (secondary N) is 1. The van der Waals surface area contributed by atoms with E-state index in [9.17, 15) is 0 Å². The Kier molecular flexibility index (Phi) is 4.86. The van der Waals surface area contributed by atoms with Gasteiger partial charge in [-0.15, -0.1) is 11.3 Å². The molecule has 0 aromatic carbocycles. The summed E-state index contributed by atoms with van der Waals surface area (Å²) in [7, 11) is 1.70. The first-order valence-electron chi connectivity index (χ1n) is 5.92.